The molecule has 36 heavy (non-hydrogen) atoms. The molecule has 4 rings (SSSR count). The summed E-state index contributed by atoms with van der Waals surface area (Å²) in [5.74, 6) is 0.436. The molecule has 3 heterocycles. The molecule has 0 aliphatic carbocycles. The predicted molar refractivity (Wildman–Crippen MR) is 141 cm³/mol. The summed E-state index contributed by atoms with van der Waals surface area (Å²) in [4.78, 5) is 31.4. The first-order chi connectivity index (χ1) is 17.5. The number of morpholine rings is 1. The van der Waals surface area contributed by atoms with Gasteiger partial charge in [-0.05, 0) is 37.3 Å². The van der Waals surface area contributed by atoms with Crippen molar-refractivity contribution in [3.63, 3.8) is 0 Å². The van der Waals surface area contributed by atoms with Gasteiger partial charge < -0.3 is 29.2 Å². The van der Waals surface area contributed by atoms with E-state index in [0.717, 1.165) is 36.0 Å². The van der Waals surface area contributed by atoms with E-state index < -0.39 is 0 Å². The highest BCUT2D eigenvalue weighted by Gasteiger charge is 2.36. The standard InChI is InChI=1S/C28H42N4O4/c1-21(2)20-32(24-16-23(18-29-19-24)27(33)30-11-14-36-15-12-30)28(34)26-17-22-8-4-5-9-25(22)31(26)10-6-7-13-35-3/h4-5,8-9,17,21,23-24,29H,6-7,10-16,18-20H2,1-3H3/t23-,24+/m1/s1. The number of hydrogen-bond acceptors (Lipinski definition) is 5. The van der Waals surface area contributed by atoms with Gasteiger partial charge in [0.1, 0.15) is 5.69 Å². The quantitative estimate of drug-likeness (QED) is 0.510. The lowest BCUT2D eigenvalue weighted by atomic mass is 9.92. The first kappa shape index (κ1) is 26.6. The normalized spacial score (nSPS) is 20.7. The van der Waals surface area contributed by atoms with Crippen LogP contribution >= 0.6 is 0 Å². The van der Waals surface area contributed by atoms with Gasteiger partial charge in [0, 0.05) is 69.9 Å². The maximum Gasteiger partial charge on any atom is 0.270 e. The Balaban J connectivity index is 1.57. The zero-order valence-electron chi connectivity index (χ0n) is 22.1. The number of carbonyl (C=O) groups is 2. The largest absolute Gasteiger partial charge is 0.385 e. The molecule has 8 nitrogen and oxygen atoms in total. The van der Waals surface area contributed by atoms with E-state index in [-0.39, 0.29) is 23.8 Å². The van der Waals surface area contributed by atoms with Crippen LogP contribution in [-0.2, 0) is 20.8 Å². The van der Waals surface area contributed by atoms with Gasteiger partial charge in [-0.1, -0.05) is 32.0 Å². The Morgan fingerprint density at radius 1 is 1.17 bits per heavy atom. The van der Waals surface area contributed by atoms with E-state index in [2.05, 4.69) is 35.9 Å². The number of piperidine rings is 1. The highest BCUT2D eigenvalue weighted by atomic mass is 16.5. The number of ether oxygens (including phenoxy) is 2. The minimum Gasteiger partial charge on any atom is -0.385 e. The van der Waals surface area contributed by atoms with Crippen molar-refractivity contribution in [1.82, 2.24) is 19.7 Å². The molecule has 1 N–H and O–H groups in total. The van der Waals surface area contributed by atoms with E-state index in [1.54, 1.807) is 7.11 Å². The molecule has 2 aliphatic heterocycles. The maximum atomic E-state index is 14.2. The van der Waals surface area contributed by atoms with E-state index in [9.17, 15) is 9.59 Å². The number of rotatable bonds is 10. The van der Waals surface area contributed by atoms with Crippen LogP contribution in [0, 0.1) is 11.8 Å². The smallest absolute Gasteiger partial charge is 0.270 e. The third-order valence-electron chi connectivity index (χ3n) is 7.27. The maximum absolute atomic E-state index is 14.2. The summed E-state index contributed by atoms with van der Waals surface area (Å²) in [5, 5.41) is 4.54. The third kappa shape index (κ3) is 6.28. The van der Waals surface area contributed by atoms with Crippen molar-refractivity contribution in [1.29, 1.82) is 0 Å². The van der Waals surface area contributed by atoms with Crippen molar-refractivity contribution in [2.75, 3.05) is 59.7 Å². The SMILES string of the molecule is COCCCCn1c(C(=O)N(CC(C)C)[C@@H]2CNC[C@H](C(=O)N3CCOCC3)C2)cc2ccccc21. The second kappa shape index (κ2) is 12.7. The molecule has 0 bridgehead atoms. The number of nitrogens with zero attached hydrogens (tertiary/aromatic N) is 3. The van der Waals surface area contributed by atoms with Gasteiger partial charge in [0.15, 0.2) is 0 Å². The number of para-hydroxylation sites is 1. The lowest BCUT2D eigenvalue weighted by Crippen LogP contribution is -2.56. The van der Waals surface area contributed by atoms with Crippen molar-refractivity contribution >= 4 is 22.7 Å². The lowest BCUT2D eigenvalue weighted by molar-refractivity contribution is -0.140. The van der Waals surface area contributed by atoms with Gasteiger partial charge in [-0.15, -0.1) is 0 Å². The van der Waals surface area contributed by atoms with Crippen LogP contribution in [0.1, 0.15) is 43.6 Å². The molecule has 1 aromatic heterocycles. The van der Waals surface area contributed by atoms with Crippen LogP contribution in [0.5, 0.6) is 0 Å². The highest BCUT2D eigenvalue weighted by Crippen LogP contribution is 2.26. The van der Waals surface area contributed by atoms with Crippen LogP contribution < -0.4 is 5.32 Å². The zero-order valence-corrected chi connectivity index (χ0v) is 22.1. The molecule has 2 fully saturated rings. The van der Waals surface area contributed by atoms with Gasteiger partial charge >= 0.3 is 0 Å². The average Bonchev–Trinajstić information content (AvgIpc) is 3.28. The molecule has 0 saturated carbocycles. The molecule has 2 aliphatic rings. The molecular weight excluding hydrogens is 456 g/mol. The van der Waals surface area contributed by atoms with E-state index in [4.69, 9.17) is 9.47 Å². The van der Waals surface area contributed by atoms with Crippen LogP contribution in [0.4, 0.5) is 0 Å². The predicted octanol–water partition coefficient (Wildman–Crippen LogP) is 3.00. The van der Waals surface area contributed by atoms with Gasteiger partial charge in [0.05, 0.1) is 19.1 Å². The fraction of sp³-hybridized carbons (Fsp3) is 0.643. The van der Waals surface area contributed by atoms with Crippen molar-refractivity contribution in [2.24, 2.45) is 11.8 Å². The fourth-order valence-electron chi connectivity index (χ4n) is 5.47. The number of fused-ring (bicyclic) bond motifs is 1. The summed E-state index contributed by atoms with van der Waals surface area (Å²) < 4.78 is 12.8. The number of methoxy groups -OCH3 is 1. The van der Waals surface area contributed by atoms with E-state index >= 15 is 0 Å². The molecule has 2 amide bonds. The van der Waals surface area contributed by atoms with Gasteiger partial charge in [-0.3, -0.25) is 9.59 Å². The van der Waals surface area contributed by atoms with Gasteiger partial charge in [0.25, 0.3) is 5.91 Å². The molecule has 0 spiro atoms. The molecular formula is C28H42N4O4. The summed E-state index contributed by atoms with van der Waals surface area (Å²) in [7, 11) is 1.72. The Labute approximate surface area is 214 Å². The number of unbranched alkanes of at least 4 members (excludes halogenated alkanes) is 1. The van der Waals surface area contributed by atoms with E-state index in [1.807, 2.05) is 28.0 Å². The van der Waals surface area contributed by atoms with E-state index in [0.29, 0.717) is 64.9 Å². The van der Waals surface area contributed by atoms with Crippen LogP contribution in [0.15, 0.2) is 30.3 Å². The topological polar surface area (TPSA) is 76.0 Å². The number of carbonyl (C=O) groups excluding carboxylic acids is 2. The minimum atomic E-state index is -0.121. The molecule has 2 atom stereocenters. The molecule has 0 radical (unpaired) electrons. The first-order valence-electron chi connectivity index (χ1n) is 13.4. The van der Waals surface area contributed by atoms with Crippen LogP contribution in [-0.4, -0.2) is 91.9 Å². The Morgan fingerprint density at radius 2 is 1.94 bits per heavy atom. The molecule has 2 saturated heterocycles. The number of hydrogen-bond donors (Lipinski definition) is 1. The number of amides is 2. The Bertz CT molecular complexity index is 1010. The van der Waals surface area contributed by atoms with E-state index in [1.165, 1.54) is 0 Å². The summed E-state index contributed by atoms with van der Waals surface area (Å²) in [5.41, 5.74) is 1.82. The lowest BCUT2D eigenvalue weighted by Gasteiger charge is -2.40. The van der Waals surface area contributed by atoms with Crippen LogP contribution in [0.25, 0.3) is 10.9 Å². The van der Waals surface area contributed by atoms with Gasteiger partial charge in [-0.2, -0.15) is 0 Å². The minimum absolute atomic E-state index is 0.0244. The van der Waals surface area contributed by atoms with Crippen molar-refractivity contribution < 1.29 is 19.1 Å². The number of nitrogens with one attached hydrogen (secondary N) is 1. The van der Waals surface area contributed by atoms with Gasteiger partial charge in [-0.25, -0.2) is 0 Å². The summed E-state index contributed by atoms with van der Waals surface area (Å²) in [6, 6.07) is 10.2. The summed E-state index contributed by atoms with van der Waals surface area (Å²) in [6.07, 6.45) is 2.58. The Hall–Kier alpha value is -2.42. The summed E-state index contributed by atoms with van der Waals surface area (Å²) >= 11 is 0. The third-order valence-corrected chi connectivity index (χ3v) is 7.27. The number of benzene rings is 1. The molecule has 8 heteroatoms. The van der Waals surface area contributed by atoms with Gasteiger partial charge in [0.2, 0.25) is 5.91 Å². The Kier molecular flexibility index (Phi) is 9.40. The number of aryl methyl sites for hydroxylation is 1. The molecule has 0 unspecified atom stereocenters. The first-order valence-corrected chi connectivity index (χ1v) is 13.4. The molecule has 2 aromatic rings. The van der Waals surface area contributed by atoms with Crippen molar-refractivity contribution in [2.45, 2.75) is 45.7 Å². The zero-order chi connectivity index (χ0) is 25.5. The second-order valence-corrected chi connectivity index (χ2v) is 10.5. The monoisotopic (exact) mass is 498 g/mol. The highest BCUT2D eigenvalue weighted by molar-refractivity contribution is 5.99. The van der Waals surface area contributed by atoms with Crippen molar-refractivity contribution in [3.8, 4) is 0 Å². The summed E-state index contributed by atoms with van der Waals surface area (Å²) in [6.45, 7) is 10.3. The molecule has 198 valence electrons. The molecule has 1 aromatic carbocycles. The fourth-order valence-corrected chi connectivity index (χ4v) is 5.47. The van der Waals surface area contributed by atoms with Crippen LogP contribution in [0.2, 0.25) is 0 Å². The van der Waals surface area contributed by atoms with Crippen molar-refractivity contribution in [3.05, 3.63) is 36.0 Å². The average molecular weight is 499 g/mol. The number of aromatic nitrogens is 1. The van der Waals surface area contributed by atoms with Crippen LogP contribution in [0.3, 0.4) is 0 Å². The second-order valence-electron chi connectivity index (χ2n) is 10.5. The Morgan fingerprint density at radius 3 is 2.69 bits per heavy atom.